The lowest BCUT2D eigenvalue weighted by molar-refractivity contribution is 0.581. The van der Waals surface area contributed by atoms with Crippen LogP contribution in [0.5, 0.6) is 0 Å². The highest BCUT2D eigenvalue weighted by Gasteiger charge is 2.22. The number of para-hydroxylation sites is 1. The van der Waals surface area contributed by atoms with Crippen molar-refractivity contribution in [3.63, 3.8) is 0 Å². The smallest absolute Gasteiger partial charge is 0.0705 e. The highest BCUT2D eigenvalue weighted by Crippen LogP contribution is 2.28. The van der Waals surface area contributed by atoms with E-state index in [9.17, 15) is 0 Å². The molecule has 1 aromatic heterocycles. The lowest BCUT2D eigenvalue weighted by Gasteiger charge is -2.24. The molecule has 0 saturated heterocycles. The van der Waals surface area contributed by atoms with E-state index in [1.807, 2.05) is 11.8 Å². The van der Waals surface area contributed by atoms with Crippen LogP contribution in [0.1, 0.15) is 33.4 Å². The highest BCUT2D eigenvalue weighted by atomic mass is 32.2. The number of hydrogen-bond donors (Lipinski definition) is 0. The second kappa shape index (κ2) is 5.96. The second-order valence-electron chi connectivity index (χ2n) is 6.18. The summed E-state index contributed by atoms with van der Waals surface area (Å²) < 4.78 is 0. The fraction of sp³-hybridized carbons (Fsp3) is 0.471. The summed E-state index contributed by atoms with van der Waals surface area (Å²) in [6, 6.07) is 12.7. The summed E-state index contributed by atoms with van der Waals surface area (Å²) in [5.74, 6) is 3.10. The van der Waals surface area contributed by atoms with Crippen molar-refractivity contribution in [3.05, 3.63) is 42.1 Å². The molecule has 0 aliphatic heterocycles. The molecule has 1 aromatic carbocycles. The summed E-state index contributed by atoms with van der Waals surface area (Å²) in [7, 11) is 0. The van der Waals surface area contributed by atoms with Gasteiger partial charge in [0.25, 0.3) is 0 Å². The lowest BCUT2D eigenvalue weighted by Crippen LogP contribution is -2.22. The molecule has 2 aromatic rings. The van der Waals surface area contributed by atoms with Crippen LogP contribution >= 0.6 is 11.8 Å². The van der Waals surface area contributed by atoms with Gasteiger partial charge in [-0.25, -0.2) is 0 Å². The molecule has 1 nitrogen and oxygen atoms in total. The largest absolute Gasteiger partial charge is 0.252 e. The van der Waals surface area contributed by atoms with Gasteiger partial charge in [-0.1, -0.05) is 52.0 Å². The Kier molecular flexibility index (Phi) is 4.51. The number of benzene rings is 1. The summed E-state index contributed by atoms with van der Waals surface area (Å²) in [6.07, 6.45) is 0. The molecule has 0 amide bonds. The molecule has 0 unspecified atom stereocenters. The van der Waals surface area contributed by atoms with Gasteiger partial charge in [-0.3, -0.25) is 4.98 Å². The molecule has 2 rings (SSSR count). The Morgan fingerprint density at radius 3 is 2.58 bits per heavy atom. The maximum atomic E-state index is 4.83. The molecule has 0 aliphatic carbocycles. The first-order valence-electron chi connectivity index (χ1n) is 6.93. The molecule has 19 heavy (non-hydrogen) atoms. The Hall–Kier alpha value is -1.02. The summed E-state index contributed by atoms with van der Waals surface area (Å²) >= 11 is 2.03. The van der Waals surface area contributed by atoms with Gasteiger partial charge in [0.15, 0.2) is 0 Å². The van der Waals surface area contributed by atoms with Crippen LogP contribution in [-0.4, -0.2) is 16.5 Å². The summed E-state index contributed by atoms with van der Waals surface area (Å²) in [5, 5.41) is 1.22. The van der Waals surface area contributed by atoms with Crippen molar-refractivity contribution in [2.24, 2.45) is 5.92 Å². The Morgan fingerprint density at radius 1 is 1.11 bits per heavy atom. The predicted molar refractivity (Wildman–Crippen MR) is 86.9 cm³/mol. The molecule has 1 heterocycles. The molecule has 102 valence electrons. The quantitative estimate of drug-likeness (QED) is 0.768. The molecule has 0 N–H and O–H groups in total. The van der Waals surface area contributed by atoms with Crippen LogP contribution in [0.25, 0.3) is 10.9 Å². The lowest BCUT2D eigenvalue weighted by atomic mass is 9.91. The second-order valence-corrected chi connectivity index (χ2v) is 7.21. The van der Waals surface area contributed by atoms with Crippen molar-refractivity contribution in [3.8, 4) is 0 Å². The maximum absolute atomic E-state index is 4.83. The van der Waals surface area contributed by atoms with E-state index >= 15 is 0 Å². The van der Waals surface area contributed by atoms with E-state index in [1.54, 1.807) is 0 Å². The number of fused-ring (bicyclic) bond motifs is 1. The normalized spacial score (nSPS) is 12.3. The number of aromatic nitrogens is 1. The Morgan fingerprint density at radius 2 is 1.84 bits per heavy atom. The molecular weight excluding hydrogens is 250 g/mol. The number of nitrogens with zero attached hydrogens (tertiary/aromatic N) is 1. The molecule has 0 spiro atoms. The molecule has 2 heteroatoms. The Labute approximate surface area is 120 Å². The number of rotatable bonds is 5. The van der Waals surface area contributed by atoms with Crippen LogP contribution in [-0.2, 0) is 5.41 Å². The summed E-state index contributed by atoms with van der Waals surface area (Å²) in [6.45, 7) is 9.12. The molecule has 0 saturated carbocycles. The highest BCUT2D eigenvalue weighted by molar-refractivity contribution is 7.99. The fourth-order valence-electron chi connectivity index (χ4n) is 2.07. The van der Waals surface area contributed by atoms with Gasteiger partial charge in [0.2, 0.25) is 0 Å². The standard InChI is InChI=1S/C17H23NS/c1-13(2)11-19-12-17(3,4)16-10-9-14-7-5-6-8-15(14)18-16/h5-10,13H,11-12H2,1-4H3. The van der Waals surface area contributed by atoms with E-state index in [1.165, 1.54) is 16.8 Å². The van der Waals surface area contributed by atoms with Gasteiger partial charge in [0.05, 0.1) is 5.52 Å². The van der Waals surface area contributed by atoms with E-state index in [-0.39, 0.29) is 5.41 Å². The zero-order chi connectivity index (χ0) is 13.9. The SMILES string of the molecule is CC(C)CSCC(C)(C)c1ccc2ccccc2n1. The minimum absolute atomic E-state index is 0.129. The minimum atomic E-state index is 0.129. The van der Waals surface area contributed by atoms with Crippen molar-refractivity contribution < 1.29 is 0 Å². The van der Waals surface area contributed by atoms with Crippen LogP contribution < -0.4 is 0 Å². The van der Waals surface area contributed by atoms with Crippen LogP contribution in [0, 0.1) is 5.92 Å². The molecular formula is C17H23NS. The monoisotopic (exact) mass is 273 g/mol. The van der Waals surface area contributed by atoms with Gasteiger partial charge >= 0.3 is 0 Å². The van der Waals surface area contributed by atoms with Crippen molar-refractivity contribution in [2.45, 2.75) is 33.1 Å². The molecule has 0 aliphatic rings. The summed E-state index contributed by atoms with van der Waals surface area (Å²) in [4.78, 5) is 4.83. The van der Waals surface area contributed by atoms with Gasteiger partial charge in [-0.15, -0.1) is 0 Å². The zero-order valence-electron chi connectivity index (χ0n) is 12.3. The fourth-order valence-corrected chi connectivity index (χ4v) is 3.31. The molecule has 0 radical (unpaired) electrons. The van der Waals surface area contributed by atoms with E-state index in [2.05, 4.69) is 64.1 Å². The average molecular weight is 273 g/mol. The van der Waals surface area contributed by atoms with Crippen LogP contribution in [0.3, 0.4) is 0 Å². The Balaban J connectivity index is 2.17. The molecule has 0 atom stereocenters. The van der Waals surface area contributed by atoms with Gasteiger partial charge < -0.3 is 0 Å². The third-order valence-electron chi connectivity index (χ3n) is 3.21. The first-order chi connectivity index (χ1) is 8.99. The van der Waals surface area contributed by atoms with Crippen molar-refractivity contribution in [1.29, 1.82) is 0 Å². The van der Waals surface area contributed by atoms with E-state index < -0.39 is 0 Å². The third-order valence-corrected chi connectivity index (χ3v) is 5.03. The number of hydrogen-bond acceptors (Lipinski definition) is 2. The summed E-state index contributed by atoms with van der Waals surface area (Å²) in [5.41, 5.74) is 2.42. The van der Waals surface area contributed by atoms with E-state index in [0.717, 1.165) is 17.2 Å². The first-order valence-corrected chi connectivity index (χ1v) is 8.08. The van der Waals surface area contributed by atoms with Gasteiger partial charge in [0.1, 0.15) is 0 Å². The third kappa shape index (κ3) is 3.73. The Bertz CT molecular complexity index is 546. The van der Waals surface area contributed by atoms with Gasteiger partial charge in [-0.05, 0) is 23.8 Å². The zero-order valence-corrected chi connectivity index (χ0v) is 13.1. The topological polar surface area (TPSA) is 12.9 Å². The minimum Gasteiger partial charge on any atom is -0.252 e. The molecule has 0 fully saturated rings. The number of pyridine rings is 1. The first kappa shape index (κ1) is 14.4. The number of thioether (sulfide) groups is 1. The van der Waals surface area contributed by atoms with Crippen molar-refractivity contribution >= 4 is 22.7 Å². The van der Waals surface area contributed by atoms with Crippen molar-refractivity contribution in [1.82, 2.24) is 4.98 Å². The van der Waals surface area contributed by atoms with E-state index in [4.69, 9.17) is 4.98 Å². The van der Waals surface area contributed by atoms with E-state index in [0.29, 0.717) is 0 Å². The van der Waals surface area contributed by atoms with Crippen LogP contribution in [0.15, 0.2) is 36.4 Å². The van der Waals surface area contributed by atoms with Crippen LogP contribution in [0.4, 0.5) is 0 Å². The predicted octanol–water partition coefficient (Wildman–Crippen LogP) is 4.90. The van der Waals surface area contributed by atoms with Gasteiger partial charge in [-0.2, -0.15) is 11.8 Å². The average Bonchev–Trinajstić information content (AvgIpc) is 2.37. The van der Waals surface area contributed by atoms with Crippen molar-refractivity contribution in [2.75, 3.05) is 11.5 Å². The van der Waals surface area contributed by atoms with Gasteiger partial charge in [0, 0.05) is 22.2 Å². The van der Waals surface area contributed by atoms with Crippen LogP contribution in [0.2, 0.25) is 0 Å². The maximum Gasteiger partial charge on any atom is 0.0705 e. The molecule has 0 bridgehead atoms.